The molecule has 1 heterocycles. The Morgan fingerprint density at radius 2 is 2.00 bits per heavy atom. The highest BCUT2D eigenvalue weighted by Crippen LogP contribution is 2.24. The van der Waals surface area contributed by atoms with Gasteiger partial charge in [-0.3, -0.25) is 15.0 Å². The van der Waals surface area contributed by atoms with Gasteiger partial charge in [0.25, 0.3) is 5.69 Å². The van der Waals surface area contributed by atoms with E-state index in [1.54, 1.807) is 6.07 Å². The number of aliphatic hydroxyl groups is 2. The number of β-amino-alcohol motifs (C(OH)–C–C–N with tert-alkyl or cyclic N) is 2. The molecule has 0 saturated carbocycles. The summed E-state index contributed by atoms with van der Waals surface area (Å²) in [6, 6.07) is 4.63. The van der Waals surface area contributed by atoms with E-state index in [1.807, 2.05) is 4.90 Å². The second-order valence-corrected chi connectivity index (χ2v) is 4.48. The Balaban J connectivity index is 2.11. The van der Waals surface area contributed by atoms with Crippen LogP contribution >= 0.6 is 0 Å². The fraction of sp³-hybridized carbons (Fsp3) is 0.455. The van der Waals surface area contributed by atoms with Crippen LogP contribution in [0.15, 0.2) is 18.2 Å². The van der Waals surface area contributed by atoms with Gasteiger partial charge in [-0.15, -0.1) is 0 Å². The summed E-state index contributed by atoms with van der Waals surface area (Å²) in [5.74, 6) is 0. The normalized spacial score (nSPS) is 24.3. The molecule has 1 aliphatic heterocycles. The number of likely N-dealkylation sites (tertiary alicyclic amines) is 1. The van der Waals surface area contributed by atoms with Crippen LogP contribution in [0.25, 0.3) is 0 Å². The van der Waals surface area contributed by atoms with Gasteiger partial charge in [0, 0.05) is 25.7 Å². The maximum absolute atomic E-state index is 10.7. The van der Waals surface area contributed by atoms with E-state index in [4.69, 9.17) is 5.73 Å². The van der Waals surface area contributed by atoms with Crippen LogP contribution in [0.2, 0.25) is 0 Å². The number of hydrogen-bond donors (Lipinski definition) is 3. The molecule has 4 N–H and O–H groups in total. The lowest BCUT2D eigenvalue weighted by atomic mass is 10.1. The third kappa shape index (κ3) is 2.58. The van der Waals surface area contributed by atoms with Crippen LogP contribution < -0.4 is 5.73 Å². The lowest BCUT2D eigenvalue weighted by Gasteiger charge is -2.14. The third-order valence-corrected chi connectivity index (χ3v) is 3.03. The Morgan fingerprint density at radius 1 is 1.39 bits per heavy atom. The summed E-state index contributed by atoms with van der Waals surface area (Å²) in [6.45, 7) is 1.16. The number of nitrogen functional groups attached to an aromatic ring is 1. The summed E-state index contributed by atoms with van der Waals surface area (Å²) in [7, 11) is 0. The first-order valence-electron chi connectivity index (χ1n) is 5.58. The quantitative estimate of drug-likeness (QED) is 0.388. The first-order valence-corrected chi connectivity index (χ1v) is 5.58. The van der Waals surface area contributed by atoms with Crippen LogP contribution in [0.5, 0.6) is 0 Å². The summed E-state index contributed by atoms with van der Waals surface area (Å²) in [4.78, 5) is 12.1. The van der Waals surface area contributed by atoms with Crippen molar-refractivity contribution in [1.82, 2.24) is 4.90 Å². The molecule has 2 unspecified atom stereocenters. The molecular weight excluding hydrogens is 238 g/mol. The Hall–Kier alpha value is -1.70. The minimum Gasteiger partial charge on any atom is -0.393 e. The molecule has 0 radical (unpaired) electrons. The summed E-state index contributed by atoms with van der Waals surface area (Å²) < 4.78 is 0. The molecule has 0 spiro atoms. The summed E-state index contributed by atoms with van der Waals surface area (Å²) in [6.07, 6.45) is -1.51. The number of aliphatic hydroxyl groups excluding tert-OH is 2. The Labute approximate surface area is 104 Å². The Bertz CT molecular complexity index is 456. The van der Waals surface area contributed by atoms with E-state index in [0.29, 0.717) is 19.6 Å². The number of nitro benzene ring substituents is 1. The predicted molar refractivity (Wildman–Crippen MR) is 64.8 cm³/mol. The fourth-order valence-electron chi connectivity index (χ4n) is 2.08. The molecule has 1 saturated heterocycles. The summed E-state index contributed by atoms with van der Waals surface area (Å²) in [5.41, 5.74) is 6.25. The van der Waals surface area contributed by atoms with Gasteiger partial charge in [0.05, 0.1) is 17.1 Å². The van der Waals surface area contributed by atoms with Crippen molar-refractivity contribution < 1.29 is 15.1 Å². The molecule has 2 atom stereocenters. The number of benzene rings is 1. The van der Waals surface area contributed by atoms with E-state index < -0.39 is 17.1 Å². The van der Waals surface area contributed by atoms with Crippen LogP contribution in [0.4, 0.5) is 11.4 Å². The van der Waals surface area contributed by atoms with Gasteiger partial charge in [0.2, 0.25) is 0 Å². The van der Waals surface area contributed by atoms with Crippen LogP contribution in [-0.2, 0) is 6.54 Å². The zero-order valence-corrected chi connectivity index (χ0v) is 9.69. The van der Waals surface area contributed by atoms with Gasteiger partial charge in [-0.05, 0) is 11.6 Å². The van der Waals surface area contributed by atoms with E-state index in [0.717, 1.165) is 5.56 Å². The van der Waals surface area contributed by atoms with E-state index in [-0.39, 0.29) is 11.4 Å². The topological polar surface area (TPSA) is 113 Å². The van der Waals surface area contributed by atoms with Gasteiger partial charge in [0.15, 0.2) is 0 Å². The van der Waals surface area contributed by atoms with Crippen molar-refractivity contribution in [2.24, 2.45) is 0 Å². The molecule has 0 amide bonds. The van der Waals surface area contributed by atoms with E-state index in [2.05, 4.69) is 0 Å². The van der Waals surface area contributed by atoms with Crippen molar-refractivity contribution in [2.75, 3.05) is 18.8 Å². The maximum Gasteiger partial charge on any atom is 0.292 e. The average Bonchev–Trinajstić information content (AvgIpc) is 2.60. The van der Waals surface area contributed by atoms with Gasteiger partial charge >= 0.3 is 0 Å². The van der Waals surface area contributed by atoms with E-state index in [1.165, 1.54) is 12.1 Å². The van der Waals surface area contributed by atoms with Crippen LogP contribution in [0.3, 0.4) is 0 Å². The standard InChI is InChI=1S/C11H15N3O4/c12-8-2-1-7(3-9(8)14(17)18)4-13-5-10(15)11(16)6-13/h1-3,10-11,15-16H,4-6,12H2. The fourth-order valence-corrected chi connectivity index (χ4v) is 2.08. The SMILES string of the molecule is Nc1ccc(CN2CC(O)C(O)C2)cc1[N+](=O)[O-]. The molecule has 1 aromatic rings. The number of nitrogens with two attached hydrogens (primary N) is 1. The minimum atomic E-state index is -0.756. The number of nitro groups is 1. The van der Waals surface area contributed by atoms with Gasteiger partial charge in [-0.25, -0.2) is 0 Å². The zero-order valence-electron chi connectivity index (χ0n) is 9.69. The lowest BCUT2D eigenvalue weighted by Crippen LogP contribution is -2.22. The molecule has 0 aliphatic carbocycles. The lowest BCUT2D eigenvalue weighted by molar-refractivity contribution is -0.384. The monoisotopic (exact) mass is 253 g/mol. The molecule has 2 rings (SSSR count). The van der Waals surface area contributed by atoms with Gasteiger partial charge in [-0.1, -0.05) is 6.07 Å². The number of nitrogens with zero attached hydrogens (tertiary/aromatic N) is 2. The molecule has 1 fully saturated rings. The number of anilines is 1. The van der Waals surface area contributed by atoms with E-state index in [9.17, 15) is 20.3 Å². The van der Waals surface area contributed by atoms with Crippen molar-refractivity contribution in [2.45, 2.75) is 18.8 Å². The molecule has 0 bridgehead atoms. The molecule has 0 aromatic heterocycles. The van der Waals surface area contributed by atoms with Crippen LogP contribution in [-0.4, -0.2) is 45.3 Å². The van der Waals surface area contributed by atoms with Crippen molar-refractivity contribution >= 4 is 11.4 Å². The predicted octanol–water partition coefficient (Wildman–Crippen LogP) is -0.286. The van der Waals surface area contributed by atoms with Gasteiger partial charge in [0.1, 0.15) is 5.69 Å². The summed E-state index contributed by atoms with van der Waals surface area (Å²) in [5, 5.41) is 29.6. The van der Waals surface area contributed by atoms with Gasteiger partial charge in [-0.2, -0.15) is 0 Å². The van der Waals surface area contributed by atoms with Crippen molar-refractivity contribution in [3.05, 3.63) is 33.9 Å². The molecule has 1 aliphatic rings. The first kappa shape index (κ1) is 12.7. The van der Waals surface area contributed by atoms with Crippen molar-refractivity contribution in [3.8, 4) is 0 Å². The molecule has 98 valence electrons. The second kappa shape index (κ2) is 4.89. The number of hydrogen-bond acceptors (Lipinski definition) is 6. The minimum absolute atomic E-state index is 0.118. The molecule has 7 heteroatoms. The molecule has 18 heavy (non-hydrogen) atoms. The van der Waals surface area contributed by atoms with Crippen molar-refractivity contribution in [1.29, 1.82) is 0 Å². The highest BCUT2D eigenvalue weighted by molar-refractivity contribution is 5.59. The average molecular weight is 253 g/mol. The second-order valence-electron chi connectivity index (χ2n) is 4.48. The smallest absolute Gasteiger partial charge is 0.292 e. The number of rotatable bonds is 3. The van der Waals surface area contributed by atoms with Crippen molar-refractivity contribution in [3.63, 3.8) is 0 Å². The Morgan fingerprint density at radius 3 is 2.56 bits per heavy atom. The third-order valence-electron chi connectivity index (χ3n) is 3.03. The zero-order chi connectivity index (χ0) is 13.3. The molecule has 7 nitrogen and oxygen atoms in total. The van der Waals surface area contributed by atoms with Crippen LogP contribution in [0, 0.1) is 10.1 Å². The Kier molecular flexibility index (Phi) is 3.46. The van der Waals surface area contributed by atoms with E-state index >= 15 is 0 Å². The first-order chi connectivity index (χ1) is 8.47. The molecule has 1 aromatic carbocycles. The maximum atomic E-state index is 10.7. The highest BCUT2D eigenvalue weighted by Gasteiger charge is 2.29. The largest absolute Gasteiger partial charge is 0.393 e. The molecular formula is C11H15N3O4. The van der Waals surface area contributed by atoms with Gasteiger partial charge < -0.3 is 15.9 Å². The summed E-state index contributed by atoms with van der Waals surface area (Å²) >= 11 is 0. The highest BCUT2D eigenvalue weighted by atomic mass is 16.6. The van der Waals surface area contributed by atoms with Crippen LogP contribution in [0.1, 0.15) is 5.56 Å².